The van der Waals surface area contributed by atoms with E-state index in [4.69, 9.17) is 14.2 Å². The van der Waals surface area contributed by atoms with Crippen molar-refractivity contribution in [2.45, 2.75) is 26.3 Å². The van der Waals surface area contributed by atoms with Gasteiger partial charge in [0.05, 0.1) is 21.3 Å². The van der Waals surface area contributed by atoms with Crippen LogP contribution in [0.2, 0.25) is 0 Å². The fourth-order valence-corrected chi connectivity index (χ4v) is 2.15. The average molecular weight is 325 g/mol. The lowest BCUT2D eigenvalue weighted by atomic mass is 10.0. The normalized spacial score (nSPS) is 11.7. The molecule has 0 bridgehead atoms. The molecule has 1 rings (SSSR count). The van der Waals surface area contributed by atoms with Crippen LogP contribution in [-0.2, 0) is 4.79 Å². The Kier molecular flexibility index (Phi) is 6.68. The van der Waals surface area contributed by atoms with Crippen LogP contribution >= 0.6 is 0 Å². The minimum Gasteiger partial charge on any atom is -0.493 e. The summed E-state index contributed by atoms with van der Waals surface area (Å²) in [6, 6.07) is 2.00. The fourth-order valence-electron chi connectivity index (χ4n) is 2.15. The Morgan fingerprint density at radius 2 is 1.61 bits per heavy atom. The number of nitrogens with one attached hydrogen (secondary N) is 1. The molecular formula is C16H23NO6. The van der Waals surface area contributed by atoms with Gasteiger partial charge in [-0.2, -0.15) is 0 Å². The van der Waals surface area contributed by atoms with Gasteiger partial charge in [0.15, 0.2) is 11.5 Å². The maximum absolute atomic E-state index is 12.4. The van der Waals surface area contributed by atoms with Gasteiger partial charge in [0.1, 0.15) is 6.04 Å². The molecule has 0 saturated heterocycles. The zero-order valence-corrected chi connectivity index (χ0v) is 14.0. The van der Waals surface area contributed by atoms with Crippen LogP contribution in [0.3, 0.4) is 0 Å². The highest BCUT2D eigenvalue weighted by Crippen LogP contribution is 2.38. The fraction of sp³-hybridized carbons (Fsp3) is 0.500. The van der Waals surface area contributed by atoms with Crippen molar-refractivity contribution in [3.63, 3.8) is 0 Å². The quantitative estimate of drug-likeness (QED) is 0.758. The molecule has 2 N–H and O–H groups in total. The number of hydrogen-bond acceptors (Lipinski definition) is 5. The van der Waals surface area contributed by atoms with Gasteiger partial charge in [-0.05, 0) is 24.5 Å². The summed E-state index contributed by atoms with van der Waals surface area (Å²) in [4.78, 5) is 23.6. The molecule has 128 valence electrons. The van der Waals surface area contributed by atoms with Gasteiger partial charge >= 0.3 is 5.97 Å². The van der Waals surface area contributed by atoms with E-state index in [1.807, 2.05) is 13.8 Å². The van der Waals surface area contributed by atoms with Crippen LogP contribution < -0.4 is 19.5 Å². The van der Waals surface area contributed by atoms with Crippen LogP contribution in [0.5, 0.6) is 17.2 Å². The van der Waals surface area contributed by atoms with Crippen LogP contribution in [0, 0.1) is 5.92 Å². The minimum atomic E-state index is -1.07. The predicted molar refractivity (Wildman–Crippen MR) is 84.4 cm³/mol. The van der Waals surface area contributed by atoms with E-state index in [2.05, 4.69) is 5.32 Å². The van der Waals surface area contributed by atoms with Gasteiger partial charge in [-0.1, -0.05) is 13.8 Å². The molecule has 0 fully saturated rings. The number of ether oxygens (including phenoxy) is 3. The predicted octanol–water partition coefficient (Wildman–Crippen LogP) is 1.94. The number of methoxy groups -OCH3 is 3. The van der Waals surface area contributed by atoms with Crippen molar-refractivity contribution in [3.05, 3.63) is 17.7 Å². The number of carbonyl (C=O) groups is 2. The van der Waals surface area contributed by atoms with Crippen molar-refractivity contribution in [1.29, 1.82) is 0 Å². The Balaban J connectivity index is 3.09. The summed E-state index contributed by atoms with van der Waals surface area (Å²) in [7, 11) is 4.35. The van der Waals surface area contributed by atoms with Gasteiger partial charge < -0.3 is 24.6 Å². The number of carboxylic acid groups (broad SMARTS) is 1. The number of benzene rings is 1. The van der Waals surface area contributed by atoms with Crippen LogP contribution in [0.25, 0.3) is 0 Å². The molecule has 23 heavy (non-hydrogen) atoms. The Morgan fingerprint density at radius 1 is 1.09 bits per heavy atom. The van der Waals surface area contributed by atoms with E-state index in [1.165, 1.54) is 33.5 Å². The topological polar surface area (TPSA) is 94.1 Å². The van der Waals surface area contributed by atoms with Gasteiger partial charge in [-0.25, -0.2) is 4.79 Å². The number of aliphatic carboxylic acids is 1. The highest BCUT2D eigenvalue weighted by molar-refractivity contribution is 5.97. The summed E-state index contributed by atoms with van der Waals surface area (Å²) in [6.45, 7) is 3.78. The monoisotopic (exact) mass is 325 g/mol. The number of carbonyl (C=O) groups excluding carboxylic acids is 1. The van der Waals surface area contributed by atoms with E-state index >= 15 is 0 Å². The van der Waals surface area contributed by atoms with E-state index in [-0.39, 0.29) is 11.5 Å². The highest BCUT2D eigenvalue weighted by atomic mass is 16.5. The van der Waals surface area contributed by atoms with Crippen molar-refractivity contribution in [3.8, 4) is 17.2 Å². The van der Waals surface area contributed by atoms with E-state index < -0.39 is 17.9 Å². The summed E-state index contributed by atoms with van der Waals surface area (Å²) in [5.41, 5.74) is 0.231. The Morgan fingerprint density at radius 3 is 1.96 bits per heavy atom. The number of carboxylic acids is 1. The van der Waals surface area contributed by atoms with Crippen molar-refractivity contribution in [2.75, 3.05) is 21.3 Å². The highest BCUT2D eigenvalue weighted by Gasteiger charge is 2.23. The molecule has 1 aromatic rings. The lowest BCUT2D eigenvalue weighted by molar-refractivity contribution is -0.139. The summed E-state index contributed by atoms with van der Waals surface area (Å²) in [5.74, 6) is -0.433. The first-order chi connectivity index (χ1) is 10.8. The van der Waals surface area contributed by atoms with Gasteiger partial charge in [-0.3, -0.25) is 4.79 Å². The molecular weight excluding hydrogens is 302 g/mol. The molecule has 0 aliphatic heterocycles. The van der Waals surface area contributed by atoms with Crippen LogP contribution in [0.15, 0.2) is 12.1 Å². The maximum Gasteiger partial charge on any atom is 0.326 e. The van der Waals surface area contributed by atoms with Gasteiger partial charge in [0.2, 0.25) is 5.75 Å². The summed E-state index contributed by atoms with van der Waals surface area (Å²) in [6.07, 6.45) is 0.339. The van der Waals surface area contributed by atoms with E-state index in [1.54, 1.807) is 0 Å². The largest absolute Gasteiger partial charge is 0.493 e. The first-order valence-electron chi connectivity index (χ1n) is 7.17. The Bertz CT molecular complexity index is 545. The molecule has 7 heteroatoms. The minimum absolute atomic E-state index is 0.135. The molecule has 0 aromatic heterocycles. The molecule has 0 saturated carbocycles. The molecule has 1 atom stereocenters. The van der Waals surface area contributed by atoms with Gasteiger partial charge in [0, 0.05) is 5.56 Å². The third kappa shape index (κ3) is 4.77. The zero-order valence-electron chi connectivity index (χ0n) is 14.0. The zero-order chi connectivity index (χ0) is 17.6. The maximum atomic E-state index is 12.4. The third-order valence-corrected chi connectivity index (χ3v) is 3.24. The summed E-state index contributed by atoms with van der Waals surface area (Å²) >= 11 is 0. The molecule has 0 aliphatic carbocycles. The SMILES string of the molecule is COc1cc(C(=O)N[C@@H](CC(C)C)C(=O)O)cc(OC)c1OC. The standard InChI is InChI=1S/C16H23NO6/c1-9(2)6-11(16(19)20)17-15(18)10-7-12(21-3)14(23-5)13(8-10)22-4/h7-9,11H,6H2,1-5H3,(H,17,18)(H,19,20)/t11-/m0/s1. The lowest BCUT2D eigenvalue weighted by Gasteiger charge is -2.18. The summed E-state index contributed by atoms with van der Waals surface area (Å²) < 4.78 is 15.6. The first kappa shape index (κ1) is 18.6. The van der Waals surface area contributed by atoms with Crippen molar-refractivity contribution in [2.24, 2.45) is 5.92 Å². The molecule has 1 aromatic carbocycles. The second kappa shape index (κ2) is 8.26. The molecule has 1 amide bonds. The van der Waals surface area contributed by atoms with Crippen LogP contribution in [-0.4, -0.2) is 44.4 Å². The van der Waals surface area contributed by atoms with Crippen molar-refractivity contribution < 1.29 is 28.9 Å². The molecule has 0 heterocycles. The van der Waals surface area contributed by atoms with Crippen molar-refractivity contribution in [1.82, 2.24) is 5.32 Å². The molecule has 0 aliphatic rings. The molecule has 7 nitrogen and oxygen atoms in total. The lowest BCUT2D eigenvalue weighted by Crippen LogP contribution is -2.41. The van der Waals surface area contributed by atoms with Crippen LogP contribution in [0.1, 0.15) is 30.6 Å². The van der Waals surface area contributed by atoms with E-state index in [0.29, 0.717) is 23.7 Å². The molecule has 0 spiro atoms. The third-order valence-electron chi connectivity index (χ3n) is 3.24. The Labute approximate surface area is 135 Å². The average Bonchev–Trinajstić information content (AvgIpc) is 2.51. The Hall–Kier alpha value is -2.44. The first-order valence-corrected chi connectivity index (χ1v) is 7.17. The van der Waals surface area contributed by atoms with Gasteiger partial charge in [0.25, 0.3) is 5.91 Å². The smallest absolute Gasteiger partial charge is 0.326 e. The molecule has 0 radical (unpaired) electrons. The summed E-state index contributed by atoms with van der Waals surface area (Å²) in [5, 5.41) is 11.7. The number of rotatable bonds is 8. The van der Waals surface area contributed by atoms with Crippen molar-refractivity contribution >= 4 is 11.9 Å². The van der Waals surface area contributed by atoms with Crippen LogP contribution in [0.4, 0.5) is 0 Å². The van der Waals surface area contributed by atoms with E-state index in [9.17, 15) is 14.7 Å². The van der Waals surface area contributed by atoms with Gasteiger partial charge in [-0.15, -0.1) is 0 Å². The van der Waals surface area contributed by atoms with E-state index in [0.717, 1.165) is 0 Å². The number of amides is 1. The second-order valence-corrected chi connectivity index (χ2v) is 5.41. The number of hydrogen-bond donors (Lipinski definition) is 2. The second-order valence-electron chi connectivity index (χ2n) is 5.41. The molecule has 0 unspecified atom stereocenters.